The van der Waals surface area contributed by atoms with Gasteiger partial charge in [-0.05, 0) is 24.0 Å². The van der Waals surface area contributed by atoms with E-state index in [2.05, 4.69) is 4.37 Å². The zero-order valence-electron chi connectivity index (χ0n) is 4.90. The van der Waals surface area contributed by atoms with Crippen molar-refractivity contribution in [1.82, 2.24) is 4.37 Å². The van der Waals surface area contributed by atoms with E-state index >= 15 is 0 Å². The summed E-state index contributed by atoms with van der Waals surface area (Å²) in [6.07, 6.45) is 1.61. The normalized spacial score (nSPS) is 9.67. The van der Waals surface area contributed by atoms with E-state index in [1.165, 1.54) is 0 Å². The molecular weight excluding hydrogens is 137 g/mol. The maximum atomic E-state index is 8.62. The summed E-state index contributed by atoms with van der Waals surface area (Å²) in [5, 5.41) is 17.2. The van der Waals surface area contributed by atoms with Gasteiger partial charge in [-0.1, -0.05) is 0 Å². The standard InChI is InChI=1S/C4H6BNO2S/c1-3-2-6-9-4(3)5(7)8/h2,7-8H,1H3. The molecule has 0 aliphatic carbocycles. The summed E-state index contributed by atoms with van der Waals surface area (Å²) >= 11 is 1.11. The second-order valence-corrected chi connectivity index (χ2v) is 2.58. The van der Waals surface area contributed by atoms with E-state index in [4.69, 9.17) is 10.0 Å². The lowest BCUT2D eigenvalue weighted by molar-refractivity contribution is 0.426. The summed E-state index contributed by atoms with van der Waals surface area (Å²) < 4.78 is 4.29. The van der Waals surface area contributed by atoms with Crippen molar-refractivity contribution >= 4 is 23.4 Å². The largest absolute Gasteiger partial charge is 0.500 e. The summed E-state index contributed by atoms with van der Waals surface area (Å²) in [5.41, 5.74) is 0.829. The summed E-state index contributed by atoms with van der Waals surface area (Å²) in [6.45, 7) is 1.79. The third-order valence-corrected chi connectivity index (χ3v) is 1.96. The van der Waals surface area contributed by atoms with Gasteiger partial charge in [0.25, 0.3) is 0 Å². The second kappa shape index (κ2) is 2.47. The molecule has 0 amide bonds. The fourth-order valence-corrected chi connectivity index (χ4v) is 1.16. The molecule has 0 aliphatic rings. The number of hydrogen-bond donors (Lipinski definition) is 2. The van der Waals surface area contributed by atoms with Crippen molar-refractivity contribution in [2.45, 2.75) is 6.92 Å². The Morgan fingerprint density at radius 2 is 2.33 bits per heavy atom. The minimum atomic E-state index is -1.36. The first-order chi connectivity index (χ1) is 4.22. The Morgan fingerprint density at radius 3 is 2.56 bits per heavy atom. The molecule has 48 valence electrons. The van der Waals surface area contributed by atoms with Gasteiger partial charge < -0.3 is 10.0 Å². The van der Waals surface area contributed by atoms with Crippen LogP contribution in [-0.4, -0.2) is 21.5 Å². The first-order valence-electron chi connectivity index (χ1n) is 2.49. The summed E-state index contributed by atoms with van der Waals surface area (Å²) in [7, 11) is -1.36. The molecule has 1 rings (SSSR count). The summed E-state index contributed by atoms with van der Waals surface area (Å²) in [5.74, 6) is 0. The van der Waals surface area contributed by atoms with Gasteiger partial charge >= 0.3 is 7.12 Å². The Hall–Kier alpha value is -0.385. The van der Waals surface area contributed by atoms with Crippen LogP contribution in [0.3, 0.4) is 0 Å². The van der Waals surface area contributed by atoms with Crippen LogP contribution >= 0.6 is 11.5 Å². The molecule has 3 nitrogen and oxygen atoms in total. The molecule has 1 aromatic rings. The van der Waals surface area contributed by atoms with E-state index in [-0.39, 0.29) is 0 Å². The molecule has 0 unspecified atom stereocenters. The highest BCUT2D eigenvalue weighted by Gasteiger charge is 2.15. The van der Waals surface area contributed by atoms with E-state index in [0.717, 1.165) is 17.1 Å². The van der Waals surface area contributed by atoms with Crippen LogP contribution in [0.2, 0.25) is 0 Å². The minimum absolute atomic E-state index is 0.523. The summed E-state index contributed by atoms with van der Waals surface area (Å²) in [6, 6.07) is 0. The van der Waals surface area contributed by atoms with Crippen molar-refractivity contribution in [3.63, 3.8) is 0 Å². The molecular formula is C4H6BNO2S. The average molecular weight is 143 g/mol. The van der Waals surface area contributed by atoms with Gasteiger partial charge in [0.1, 0.15) is 0 Å². The van der Waals surface area contributed by atoms with Crippen molar-refractivity contribution in [2.75, 3.05) is 0 Å². The van der Waals surface area contributed by atoms with Crippen LogP contribution in [0.1, 0.15) is 5.56 Å². The van der Waals surface area contributed by atoms with Crippen molar-refractivity contribution < 1.29 is 10.0 Å². The molecule has 0 aliphatic heterocycles. The molecule has 5 heteroatoms. The zero-order valence-corrected chi connectivity index (χ0v) is 5.72. The SMILES string of the molecule is Cc1cnsc1B(O)O. The maximum absolute atomic E-state index is 8.62. The Kier molecular flexibility index (Phi) is 1.85. The predicted molar refractivity (Wildman–Crippen MR) is 36.7 cm³/mol. The van der Waals surface area contributed by atoms with E-state index in [0.29, 0.717) is 4.78 Å². The van der Waals surface area contributed by atoms with Gasteiger partial charge in [0.15, 0.2) is 0 Å². The molecule has 0 bridgehead atoms. The molecule has 0 aromatic carbocycles. The predicted octanol–water partition coefficient (Wildman–Crippen LogP) is -0.869. The smallest absolute Gasteiger partial charge is 0.423 e. The van der Waals surface area contributed by atoms with E-state index in [1.54, 1.807) is 13.1 Å². The summed E-state index contributed by atoms with van der Waals surface area (Å²) in [4.78, 5) is 0. The lowest BCUT2D eigenvalue weighted by atomic mass is 9.87. The number of nitrogens with zero attached hydrogens (tertiary/aromatic N) is 1. The van der Waals surface area contributed by atoms with E-state index in [9.17, 15) is 0 Å². The van der Waals surface area contributed by atoms with Crippen LogP contribution in [0, 0.1) is 6.92 Å². The number of hydrogen-bond acceptors (Lipinski definition) is 4. The highest BCUT2D eigenvalue weighted by molar-refractivity contribution is 7.17. The molecule has 0 spiro atoms. The lowest BCUT2D eigenvalue weighted by Gasteiger charge is -1.91. The third-order valence-electron chi connectivity index (χ3n) is 1.02. The fourth-order valence-electron chi connectivity index (χ4n) is 0.549. The first kappa shape index (κ1) is 6.73. The molecule has 0 radical (unpaired) electrons. The zero-order chi connectivity index (χ0) is 6.85. The molecule has 9 heavy (non-hydrogen) atoms. The van der Waals surface area contributed by atoms with Crippen molar-refractivity contribution in [3.05, 3.63) is 11.8 Å². The topological polar surface area (TPSA) is 53.4 Å². The molecule has 0 saturated heterocycles. The van der Waals surface area contributed by atoms with Gasteiger partial charge in [-0.3, -0.25) is 0 Å². The maximum Gasteiger partial charge on any atom is 0.500 e. The van der Waals surface area contributed by atoms with Crippen molar-refractivity contribution in [3.8, 4) is 0 Å². The molecule has 0 fully saturated rings. The molecule has 0 saturated carbocycles. The highest BCUT2D eigenvalue weighted by Crippen LogP contribution is 1.96. The number of rotatable bonds is 1. The molecule has 0 atom stereocenters. The highest BCUT2D eigenvalue weighted by atomic mass is 32.1. The first-order valence-corrected chi connectivity index (χ1v) is 3.26. The number of aryl methyl sites for hydroxylation is 1. The van der Waals surface area contributed by atoms with Crippen LogP contribution < -0.4 is 4.78 Å². The molecule has 1 aromatic heterocycles. The lowest BCUT2D eigenvalue weighted by Crippen LogP contribution is -2.28. The van der Waals surface area contributed by atoms with Gasteiger partial charge in [-0.25, -0.2) is 4.37 Å². The van der Waals surface area contributed by atoms with E-state index in [1.807, 2.05) is 0 Å². The Balaban J connectivity index is 2.94. The monoisotopic (exact) mass is 143 g/mol. The van der Waals surface area contributed by atoms with Crippen LogP contribution in [0.4, 0.5) is 0 Å². The minimum Gasteiger partial charge on any atom is -0.423 e. The fraction of sp³-hybridized carbons (Fsp3) is 0.250. The molecule has 1 heterocycles. The Bertz CT molecular complexity index is 200. The van der Waals surface area contributed by atoms with Gasteiger partial charge in [0, 0.05) is 6.20 Å². The van der Waals surface area contributed by atoms with Crippen LogP contribution in [0.25, 0.3) is 0 Å². The van der Waals surface area contributed by atoms with Crippen LogP contribution in [-0.2, 0) is 0 Å². The average Bonchev–Trinajstić information content (AvgIpc) is 2.13. The van der Waals surface area contributed by atoms with Crippen LogP contribution in [0.5, 0.6) is 0 Å². The quantitative estimate of drug-likeness (QED) is 0.502. The third kappa shape index (κ3) is 1.30. The van der Waals surface area contributed by atoms with Gasteiger partial charge in [-0.2, -0.15) is 0 Å². The second-order valence-electron chi connectivity index (χ2n) is 1.75. The van der Waals surface area contributed by atoms with Gasteiger partial charge in [-0.15, -0.1) is 0 Å². The van der Waals surface area contributed by atoms with Gasteiger partial charge in [0.05, 0.1) is 4.78 Å². The Morgan fingerprint density at radius 1 is 1.67 bits per heavy atom. The Labute approximate surface area is 57.3 Å². The van der Waals surface area contributed by atoms with E-state index < -0.39 is 7.12 Å². The molecule has 2 N–H and O–H groups in total. The van der Waals surface area contributed by atoms with Crippen molar-refractivity contribution in [2.24, 2.45) is 0 Å². The van der Waals surface area contributed by atoms with Crippen molar-refractivity contribution in [1.29, 1.82) is 0 Å². The number of aromatic nitrogens is 1. The van der Waals surface area contributed by atoms with Gasteiger partial charge in [0.2, 0.25) is 0 Å². The van der Waals surface area contributed by atoms with Crippen LogP contribution in [0.15, 0.2) is 6.20 Å².